The van der Waals surface area contributed by atoms with Crippen LogP contribution in [-0.2, 0) is 6.42 Å². The first-order chi connectivity index (χ1) is 9.19. The lowest BCUT2D eigenvalue weighted by molar-refractivity contribution is 0.230. The first-order valence-corrected chi connectivity index (χ1v) is 7.17. The highest BCUT2D eigenvalue weighted by Gasteiger charge is 2.19. The SMILES string of the molecule is CC(C)CN1CCN(c2ncc(CCN)cn2)CC1. The zero-order valence-corrected chi connectivity index (χ0v) is 12.0. The molecule has 2 rings (SSSR count). The van der Waals surface area contributed by atoms with Crippen LogP contribution in [0.4, 0.5) is 5.95 Å². The maximum absolute atomic E-state index is 5.52. The van der Waals surface area contributed by atoms with Crippen molar-refractivity contribution < 1.29 is 0 Å². The average Bonchev–Trinajstić information content (AvgIpc) is 2.40. The number of nitrogens with two attached hydrogens (primary N) is 1. The second-order valence-corrected chi connectivity index (χ2v) is 5.61. The molecule has 5 heteroatoms. The summed E-state index contributed by atoms with van der Waals surface area (Å²) < 4.78 is 0. The van der Waals surface area contributed by atoms with Gasteiger partial charge in [-0.2, -0.15) is 0 Å². The molecule has 1 saturated heterocycles. The van der Waals surface area contributed by atoms with Crippen molar-refractivity contribution in [3.8, 4) is 0 Å². The lowest BCUT2D eigenvalue weighted by Crippen LogP contribution is -2.48. The first kappa shape index (κ1) is 14.2. The van der Waals surface area contributed by atoms with Crippen LogP contribution >= 0.6 is 0 Å². The van der Waals surface area contributed by atoms with Gasteiger partial charge in [0, 0.05) is 45.1 Å². The summed E-state index contributed by atoms with van der Waals surface area (Å²) in [5, 5.41) is 0. The third kappa shape index (κ3) is 4.14. The minimum Gasteiger partial charge on any atom is -0.338 e. The zero-order chi connectivity index (χ0) is 13.7. The van der Waals surface area contributed by atoms with Gasteiger partial charge in [-0.3, -0.25) is 4.90 Å². The molecular weight excluding hydrogens is 238 g/mol. The predicted molar refractivity (Wildman–Crippen MR) is 78.3 cm³/mol. The van der Waals surface area contributed by atoms with E-state index in [4.69, 9.17) is 5.73 Å². The summed E-state index contributed by atoms with van der Waals surface area (Å²) in [6, 6.07) is 0. The molecule has 0 saturated carbocycles. The number of aromatic nitrogens is 2. The molecule has 1 aliphatic rings. The van der Waals surface area contributed by atoms with E-state index in [9.17, 15) is 0 Å². The minimum absolute atomic E-state index is 0.649. The van der Waals surface area contributed by atoms with Gasteiger partial charge in [-0.25, -0.2) is 9.97 Å². The predicted octanol–water partition coefficient (Wildman–Crippen LogP) is 0.756. The van der Waals surface area contributed by atoms with E-state index in [-0.39, 0.29) is 0 Å². The lowest BCUT2D eigenvalue weighted by atomic mass is 10.2. The van der Waals surface area contributed by atoms with Crippen molar-refractivity contribution in [2.75, 3.05) is 44.2 Å². The molecule has 1 aromatic heterocycles. The van der Waals surface area contributed by atoms with Gasteiger partial charge in [-0.05, 0) is 24.4 Å². The molecule has 19 heavy (non-hydrogen) atoms. The Kier molecular flexibility index (Phi) is 5.10. The van der Waals surface area contributed by atoms with E-state index in [1.807, 2.05) is 12.4 Å². The van der Waals surface area contributed by atoms with Crippen LogP contribution in [-0.4, -0.2) is 54.1 Å². The van der Waals surface area contributed by atoms with Crippen molar-refractivity contribution in [1.82, 2.24) is 14.9 Å². The van der Waals surface area contributed by atoms with Gasteiger partial charge >= 0.3 is 0 Å². The van der Waals surface area contributed by atoms with Crippen molar-refractivity contribution in [2.45, 2.75) is 20.3 Å². The quantitative estimate of drug-likeness (QED) is 0.850. The highest BCUT2D eigenvalue weighted by molar-refractivity contribution is 5.30. The molecule has 0 spiro atoms. The van der Waals surface area contributed by atoms with E-state index >= 15 is 0 Å². The Hall–Kier alpha value is -1.20. The zero-order valence-electron chi connectivity index (χ0n) is 12.0. The third-order valence-electron chi connectivity index (χ3n) is 3.40. The van der Waals surface area contributed by atoms with Crippen molar-refractivity contribution in [1.29, 1.82) is 0 Å². The highest BCUT2D eigenvalue weighted by atomic mass is 15.3. The van der Waals surface area contributed by atoms with Crippen LogP contribution in [0.25, 0.3) is 0 Å². The Balaban J connectivity index is 1.87. The Morgan fingerprint density at radius 1 is 1.16 bits per heavy atom. The molecule has 2 N–H and O–H groups in total. The Morgan fingerprint density at radius 3 is 2.32 bits per heavy atom. The molecule has 2 heterocycles. The highest BCUT2D eigenvalue weighted by Crippen LogP contribution is 2.12. The number of rotatable bonds is 5. The standard InChI is InChI=1S/C14H25N5/c1-12(2)11-18-5-7-19(8-6-18)14-16-9-13(3-4-15)10-17-14/h9-10,12H,3-8,11,15H2,1-2H3. The maximum atomic E-state index is 5.52. The summed E-state index contributed by atoms with van der Waals surface area (Å²) in [5.41, 5.74) is 6.64. The van der Waals surface area contributed by atoms with Gasteiger partial charge in [-0.1, -0.05) is 13.8 Å². The summed E-state index contributed by atoms with van der Waals surface area (Å²) in [5.74, 6) is 1.59. The smallest absolute Gasteiger partial charge is 0.225 e. The summed E-state index contributed by atoms with van der Waals surface area (Å²) in [7, 11) is 0. The van der Waals surface area contributed by atoms with Crippen LogP contribution in [0, 0.1) is 5.92 Å². The number of hydrogen-bond acceptors (Lipinski definition) is 5. The van der Waals surface area contributed by atoms with Crippen molar-refractivity contribution in [2.24, 2.45) is 11.7 Å². The topological polar surface area (TPSA) is 58.3 Å². The average molecular weight is 263 g/mol. The normalized spacial score (nSPS) is 17.2. The maximum Gasteiger partial charge on any atom is 0.225 e. The molecule has 0 atom stereocenters. The first-order valence-electron chi connectivity index (χ1n) is 7.17. The van der Waals surface area contributed by atoms with Crippen molar-refractivity contribution in [3.63, 3.8) is 0 Å². The fourth-order valence-corrected chi connectivity index (χ4v) is 2.45. The molecule has 106 valence electrons. The van der Waals surface area contributed by atoms with Gasteiger partial charge in [-0.15, -0.1) is 0 Å². The monoisotopic (exact) mass is 263 g/mol. The van der Waals surface area contributed by atoms with E-state index in [1.165, 1.54) is 6.54 Å². The fraction of sp³-hybridized carbons (Fsp3) is 0.714. The summed E-state index contributed by atoms with van der Waals surface area (Å²) in [6.07, 6.45) is 4.65. The molecule has 0 unspecified atom stereocenters. The van der Waals surface area contributed by atoms with E-state index < -0.39 is 0 Å². The second-order valence-electron chi connectivity index (χ2n) is 5.61. The number of nitrogens with zero attached hydrogens (tertiary/aromatic N) is 4. The van der Waals surface area contributed by atoms with Crippen LogP contribution in [0.15, 0.2) is 12.4 Å². The summed E-state index contributed by atoms with van der Waals surface area (Å²) in [4.78, 5) is 13.7. The van der Waals surface area contributed by atoms with Crippen molar-refractivity contribution >= 4 is 5.95 Å². The van der Waals surface area contributed by atoms with Crippen LogP contribution in [0.1, 0.15) is 19.4 Å². The third-order valence-corrected chi connectivity index (χ3v) is 3.40. The molecule has 0 aromatic carbocycles. The Bertz CT molecular complexity index is 368. The molecule has 0 amide bonds. The fourth-order valence-electron chi connectivity index (χ4n) is 2.45. The molecule has 1 aromatic rings. The van der Waals surface area contributed by atoms with Crippen LogP contribution < -0.4 is 10.6 Å². The van der Waals surface area contributed by atoms with Gasteiger partial charge in [0.2, 0.25) is 5.95 Å². The van der Waals surface area contributed by atoms with Crippen molar-refractivity contribution in [3.05, 3.63) is 18.0 Å². The van der Waals surface area contributed by atoms with E-state index in [0.29, 0.717) is 6.54 Å². The van der Waals surface area contributed by atoms with Crippen LogP contribution in [0.5, 0.6) is 0 Å². The molecule has 1 aliphatic heterocycles. The van der Waals surface area contributed by atoms with Crippen LogP contribution in [0.2, 0.25) is 0 Å². The number of hydrogen-bond donors (Lipinski definition) is 1. The number of piperazine rings is 1. The molecule has 0 aliphatic carbocycles. The Morgan fingerprint density at radius 2 is 1.79 bits per heavy atom. The molecule has 0 radical (unpaired) electrons. The molecular formula is C14H25N5. The molecule has 5 nitrogen and oxygen atoms in total. The second kappa shape index (κ2) is 6.82. The minimum atomic E-state index is 0.649. The van der Waals surface area contributed by atoms with E-state index in [0.717, 1.165) is 50.0 Å². The Labute approximate surface area is 115 Å². The summed E-state index contributed by atoms with van der Waals surface area (Å²) >= 11 is 0. The van der Waals surface area contributed by atoms with Gasteiger partial charge in [0.05, 0.1) is 0 Å². The van der Waals surface area contributed by atoms with Gasteiger partial charge in [0.15, 0.2) is 0 Å². The van der Waals surface area contributed by atoms with E-state index in [2.05, 4.69) is 33.6 Å². The van der Waals surface area contributed by atoms with Gasteiger partial charge < -0.3 is 10.6 Å². The van der Waals surface area contributed by atoms with E-state index in [1.54, 1.807) is 0 Å². The largest absolute Gasteiger partial charge is 0.338 e. The van der Waals surface area contributed by atoms with Gasteiger partial charge in [0.1, 0.15) is 0 Å². The summed E-state index contributed by atoms with van der Waals surface area (Å²) in [6.45, 7) is 10.6. The number of anilines is 1. The molecule has 1 fully saturated rings. The van der Waals surface area contributed by atoms with Gasteiger partial charge in [0.25, 0.3) is 0 Å². The lowest BCUT2D eigenvalue weighted by Gasteiger charge is -2.35. The molecule has 0 bridgehead atoms. The van der Waals surface area contributed by atoms with Crippen LogP contribution in [0.3, 0.4) is 0 Å².